The van der Waals surface area contributed by atoms with Crippen LogP contribution in [0, 0.1) is 11.3 Å². The van der Waals surface area contributed by atoms with Gasteiger partial charge in [0.15, 0.2) is 5.96 Å². The summed E-state index contributed by atoms with van der Waals surface area (Å²) in [6.45, 7) is 10.1. The molecule has 0 saturated carbocycles. The maximum Gasteiger partial charge on any atom is 0.191 e. The smallest absolute Gasteiger partial charge is 0.191 e. The summed E-state index contributed by atoms with van der Waals surface area (Å²) >= 11 is 0. The Morgan fingerprint density at radius 3 is 2.57 bits per heavy atom. The van der Waals surface area contributed by atoms with Crippen molar-refractivity contribution in [3.63, 3.8) is 0 Å². The third kappa shape index (κ3) is 7.27. The number of hydrogen-bond donors (Lipinski definition) is 2. The van der Waals surface area contributed by atoms with Crippen molar-refractivity contribution >= 4 is 29.9 Å². The molecule has 7 heteroatoms. The molecule has 6 nitrogen and oxygen atoms in total. The van der Waals surface area contributed by atoms with E-state index in [2.05, 4.69) is 70.2 Å². The number of halogens is 1. The number of aromatic nitrogens is 2. The molecule has 166 valence electrons. The van der Waals surface area contributed by atoms with Gasteiger partial charge in [0.25, 0.3) is 0 Å². The van der Waals surface area contributed by atoms with Crippen LogP contribution in [0.1, 0.15) is 44.7 Å². The zero-order valence-electron chi connectivity index (χ0n) is 18.6. The Balaban J connectivity index is 0.00000320. The van der Waals surface area contributed by atoms with Crippen LogP contribution in [0.2, 0.25) is 0 Å². The van der Waals surface area contributed by atoms with Crippen LogP contribution in [0.5, 0.6) is 0 Å². The van der Waals surface area contributed by atoms with E-state index in [4.69, 9.17) is 4.74 Å². The molecule has 3 rings (SSSR count). The highest BCUT2D eigenvalue weighted by Gasteiger charge is 2.35. The summed E-state index contributed by atoms with van der Waals surface area (Å²) < 4.78 is 8.16. The first-order valence-electron chi connectivity index (χ1n) is 10.6. The number of nitrogens with zero attached hydrogens (tertiary/aromatic N) is 3. The van der Waals surface area contributed by atoms with E-state index >= 15 is 0 Å². The van der Waals surface area contributed by atoms with E-state index in [9.17, 15) is 0 Å². The van der Waals surface area contributed by atoms with Crippen LogP contribution < -0.4 is 10.6 Å². The molecule has 0 bridgehead atoms. The minimum Gasteiger partial charge on any atom is -0.377 e. The van der Waals surface area contributed by atoms with Gasteiger partial charge in [-0.3, -0.25) is 4.99 Å². The van der Waals surface area contributed by atoms with Gasteiger partial charge in [-0.15, -0.1) is 24.0 Å². The van der Waals surface area contributed by atoms with E-state index in [0.29, 0.717) is 5.92 Å². The van der Waals surface area contributed by atoms with Crippen LogP contribution in [0.4, 0.5) is 0 Å². The van der Waals surface area contributed by atoms with Gasteiger partial charge in [0, 0.05) is 51.6 Å². The molecule has 1 aliphatic rings. The molecule has 1 aromatic carbocycles. The summed E-state index contributed by atoms with van der Waals surface area (Å²) in [7, 11) is 1.82. The molecule has 0 spiro atoms. The van der Waals surface area contributed by atoms with Gasteiger partial charge in [0.1, 0.15) is 0 Å². The molecule has 0 aliphatic carbocycles. The molecule has 2 atom stereocenters. The Morgan fingerprint density at radius 1 is 1.20 bits per heavy atom. The summed E-state index contributed by atoms with van der Waals surface area (Å²) in [6, 6.07) is 8.66. The van der Waals surface area contributed by atoms with Crippen LogP contribution in [0.25, 0.3) is 0 Å². The average molecular weight is 525 g/mol. The fourth-order valence-electron chi connectivity index (χ4n) is 4.00. The van der Waals surface area contributed by atoms with Gasteiger partial charge in [-0.1, -0.05) is 45.0 Å². The van der Waals surface area contributed by atoms with E-state index in [1.165, 1.54) is 17.5 Å². The van der Waals surface area contributed by atoms with Crippen LogP contribution in [-0.4, -0.2) is 41.8 Å². The van der Waals surface area contributed by atoms with Crippen LogP contribution >= 0.6 is 24.0 Å². The number of nitrogens with one attached hydrogen (secondary N) is 2. The van der Waals surface area contributed by atoms with E-state index in [-0.39, 0.29) is 35.5 Å². The van der Waals surface area contributed by atoms with Crippen LogP contribution in [0.3, 0.4) is 0 Å². The molecule has 1 fully saturated rings. The van der Waals surface area contributed by atoms with E-state index < -0.39 is 0 Å². The molecule has 2 N–H and O–H groups in total. The molecular formula is C23H36IN5O. The predicted octanol–water partition coefficient (Wildman–Crippen LogP) is 4.06. The van der Waals surface area contributed by atoms with Crippen molar-refractivity contribution in [1.82, 2.24) is 20.2 Å². The normalized spacial score (nSPS) is 19.8. The SMILES string of the molecule is CN=C(NCc1ccc(Cn2ccnc2)cc1)NCC1CCCOC1C(C)(C)C.I. The maximum atomic E-state index is 6.09. The monoisotopic (exact) mass is 525 g/mol. The van der Waals surface area contributed by atoms with Gasteiger partial charge in [0.05, 0.1) is 12.4 Å². The fraction of sp³-hybridized carbons (Fsp3) is 0.565. The van der Waals surface area contributed by atoms with Crippen molar-refractivity contribution in [2.24, 2.45) is 16.3 Å². The lowest BCUT2D eigenvalue weighted by atomic mass is 9.78. The van der Waals surface area contributed by atoms with Gasteiger partial charge >= 0.3 is 0 Å². The zero-order valence-corrected chi connectivity index (χ0v) is 20.9. The molecule has 2 heterocycles. The summed E-state index contributed by atoms with van der Waals surface area (Å²) in [5.41, 5.74) is 2.65. The Hall–Kier alpha value is -1.61. The Morgan fingerprint density at radius 2 is 1.93 bits per heavy atom. The van der Waals surface area contributed by atoms with Crippen molar-refractivity contribution in [1.29, 1.82) is 0 Å². The second-order valence-corrected chi connectivity index (χ2v) is 8.92. The largest absolute Gasteiger partial charge is 0.377 e. The molecule has 0 amide bonds. The standard InChI is InChI=1S/C23H35N5O.HI/c1-23(2,3)21-20(6-5-13-29-21)15-27-22(24-4)26-14-18-7-9-19(10-8-18)16-28-12-11-25-17-28;/h7-12,17,20-21H,5-6,13-16H2,1-4H3,(H2,24,26,27);1H. The molecule has 2 unspecified atom stereocenters. The highest BCUT2D eigenvalue weighted by molar-refractivity contribution is 14.0. The van der Waals surface area contributed by atoms with Crippen molar-refractivity contribution in [3.05, 3.63) is 54.1 Å². The van der Waals surface area contributed by atoms with Crippen molar-refractivity contribution in [2.45, 2.75) is 52.8 Å². The number of aliphatic imine (C=N–C) groups is 1. The summed E-state index contributed by atoms with van der Waals surface area (Å²) in [5.74, 6) is 1.34. The second kappa shape index (κ2) is 11.7. The van der Waals surface area contributed by atoms with E-state index in [1.54, 1.807) is 6.20 Å². The first-order valence-corrected chi connectivity index (χ1v) is 10.6. The number of benzene rings is 1. The molecule has 1 aliphatic heterocycles. The Kier molecular flexibility index (Phi) is 9.61. The number of ether oxygens (including phenoxy) is 1. The van der Waals surface area contributed by atoms with Gasteiger partial charge in [0.2, 0.25) is 0 Å². The lowest BCUT2D eigenvalue weighted by molar-refractivity contribution is -0.0835. The minimum absolute atomic E-state index is 0. The summed E-state index contributed by atoms with van der Waals surface area (Å²) in [4.78, 5) is 8.47. The average Bonchev–Trinajstić information content (AvgIpc) is 3.22. The number of imidazole rings is 1. The minimum atomic E-state index is 0. The third-order valence-corrected chi connectivity index (χ3v) is 5.46. The summed E-state index contributed by atoms with van der Waals surface area (Å²) in [6.07, 6.45) is 8.24. The fourth-order valence-corrected chi connectivity index (χ4v) is 4.00. The first-order chi connectivity index (χ1) is 14.0. The molecule has 30 heavy (non-hydrogen) atoms. The highest BCUT2D eigenvalue weighted by Crippen LogP contribution is 2.33. The molecular weight excluding hydrogens is 489 g/mol. The number of hydrogen-bond acceptors (Lipinski definition) is 3. The number of guanidine groups is 1. The summed E-state index contributed by atoms with van der Waals surface area (Å²) in [5, 5.41) is 6.93. The van der Waals surface area contributed by atoms with E-state index in [0.717, 1.165) is 38.6 Å². The molecule has 0 radical (unpaired) electrons. The third-order valence-electron chi connectivity index (χ3n) is 5.46. The second-order valence-electron chi connectivity index (χ2n) is 8.92. The maximum absolute atomic E-state index is 6.09. The van der Waals surface area contributed by atoms with E-state index in [1.807, 2.05) is 19.6 Å². The zero-order chi connectivity index (χ0) is 20.7. The Bertz CT molecular complexity index is 768. The lowest BCUT2D eigenvalue weighted by Gasteiger charge is -2.40. The number of rotatable bonds is 6. The van der Waals surface area contributed by atoms with Crippen molar-refractivity contribution in [2.75, 3.05) is 20.2 Å². The van der Waals surface area contributed by atoms with Gasteiger partial charge in [-0.25, -0.2) is 4.98 Å². The van der Waals surface area contributed by atoms with Gasteiger partial charge < -0.3 is 19.9 Å². The topological polar surface area (TPSA) is 63.5 Å². The van der Waals surface area contributed by atoms with Gasteiger partial charge in [-0.2, -0.15) is 0 Å². The lowest BCUT2D eigenvalue weighted by Crippen LogP contribution is -2.47. The highest BCUT2D eigenvalue weighted by atomic mass is 127. The quantitative estimate of drug-likeness (QED) is 0.340. The first kappa shape index (κ1) is 24.7. The molecule has 1 saturated heterocycles. The Labute approximate surface area is 197 Å². The molecule has 2 aromatic rings. The predicted molar refractivity (Wildman–Crippen MR) is 133 cm³/mol. The van der Waals surface area contributed by atoms with Crippen LogP contribution in [0.15, 0.2) is 48.0 Å². The van der Waals surface area contributed by atoms with Crippen molar-refractivity contribution in [3.8, 4) is 0 Å². The molecule has 1 aromatic heterocycles. The van der Waals surface area contributed by atoms with Crippen LogP contribution in [-0.2, 0) is 17.8 Å². The van der Waals surface area contributed by atoms with Crippen molar-refractivity contribution < 1.29 is 4.74 Å². The van der Waals surface area contributed by atoms with Gasteiger partial charge in [-0.05, 0) is 29.4 Å².